The van der Waals surface area contributed by atoms with Gasteiger partial charge < -0.3 is 4.52 Å². The van der Waals surface area contributed by atoms with Crippen LogP contribution in [0.2, 0.25) is 5.02 Å². The van der Waals surface area contributed by atoms with Crippen molar-refractivity contribution in [3.8, 4) is 22.5 Å². The standard InChI is InChI=1S/C29H24ClFN4O3/c1-16-34-28(35-38-16)27-23(10-21(30)11-24(27)31)18-4-5-22-17(8-18)2-3-19(22)9-26(37)29(6-7-29)12-25(36)20-13-32-15-33-14-20/h4-5,8,10-11,13-15,19H,2-3,6-7,9,12H2,1H3/t19-/m1/s1. The lowest BCUT2D eigenvalue weighted by atomic mass is 9.85. The first-order valence-corrected chi connectivity index (χ1v) is 13.0. The second-order valence-corrected chi connectivity index (χ2v) is 10.7. The molecule has 0 bridgehead atoms. The molecule has 2 aromatic heterocycles. The zero-order valence-corrected chi connectivity index (χ0v) is 21.5. The number of Topliss-reactive ketones (excluding diaryl/α,β-unsaturated/α-hetero) is 2. The monoisotopic (exact) mass is 530 g/mol. The van der Waals surface area contributed by atoms with Crippen molar-refractivity contribution >= 4 is 23.2 Å². The van der Waals surface area contributed by atoms with Crippen LogP contribution in [0.4, 0.5) is 4.39 Å². The molecule has 0 N–H and O–H groups in total. The van der Waals surface area contributed by atoms with Gasteiger partial charge in [-0.05, 0) is 66.0 Å². The van der Waals surface area contributed by atoms with Crippen LogP contribution in [-0.2, 0) is 11.2 Å². The highest BCUT2D eigenvalue weighted by atomic mass is 35.5. The van der Waals surface area contributed by atoms with Gasteiger partial charge in [0.1, 0.15) is 17.9 Å². The highest BCUT2D eigenvalue weighted by Gasteiger charge is 2.51. The van der Waals surface area contributed by atoms with Crippen LogP contribution in [0.1, 0.15) is 65.4 Å². The molecule has 0 saturated heterocycles. The summed E-state index contributed by atoms with van der Waals surface area (Å²) < 4.78 is 20.1. The van der Waals surface area contributed by atoms with Gasteiger partial charge in [0.2, 0.25) is 11.7 Å². The van der Waals surface area contributed by atoms with Gasteiger partial charge in [-0.15, -0.1) is 0 Å². The number of hydrogen-bond acceptors (Lipinski definition) is 7. The molecule has 9 heteroatoms. The first kappa shape index (κ1) is 24.6. The molecule has 2 aliphatic carbocycles. The van der Waals surface area contributed by atoms with Gasteiger partial charge in [0, 0.05) is 42.6 Å². The molecule has 192 valence electrons. The topological polar surface area (TPSA) is 98.8 Å². The molecular weight excluding hydrogens is 507 g/mol. The molecule has 2 heterocycles. The number of carbonyl (C=O) groups is 2. The number of ketones is 2. The molecule has 6 rings (SSSR count). The minimum atomic E-state index is -0.564. The number of carbonyl (C=O) groups excluding carboxylic acids is 2. The first-order valence-electron chi connectivity index (χ1n) is 12.6. The number of benzene rings is 2. The molecule has 2 aliphatic rings. The van der Waals surface area contributed by atoms with Crippen LogP contribution in [0.25, 0.3) is 22.5 Å². The SMILES string of the molecule is Cc1nc(-c2c(F)cc(Cl)cc2-c2ccc3c(c2)CC[C@@H]3CC(=O)C2(CC(=O)c3cncnc3)CC2)no1. The summed E-state index contributed by atoms with van der Waals surface area (Å²) in [6.45, 7) is 1.65. The average Bonchev–Trinajstić information content (AvgIpc) is 3.40. The molecule has 1 saturated carbocycles. The molecular formula is C29H24ClFN4O3. The van der Waals surface area contributed by atoms with Crippen LogP contribution in [0.15, 0.2) is 53.6 Å². The van der Waals surface area contributed by atoms with Gasteiger partial charge in [0.05, 0.1) is 11.1 Å². The van der Waals surface area contributed by atoms with Crippen LogP contribution in [0.5, 0.6) is 0 Å². The molecule has 0 unspecified atom stereocenters. The molecule has 1 fully saturated rings. The summed E-state index contributed by atoms with van der Waals surface area (Å²) in [4.78, 5) is 38.1. The lowest BCUT2D eigenvalue weighted by molar-refractivity contribution is -0.124. The van der Waals surface area contributed by atoms with E-state index < -0.39 is 11.2 Å². The van der Waals surface area contributed by atoms with Crippen LogP contribution in [0, 0.1) is 18.2 Å². The maximum Gasteiger partial charge on any atom is 0.223 e. The van der Waals surface area contributed by atoms with E-state index in [4.69, 9.17) is 16.1 Å². The fraction of sp³-hybridized carbons (Fsp3) is 0.310. The number of fused-ring (bicyclic) bond motifs is 1. The van der Waals surface area contributed by atoms with Crippen molar-refractivity contribution in [1.29, 1.82) is 0 Å². The van der Waals surface area contributed by atoms with Crippen molar-refractivity contribution in [1.82, 2.24) is 20.1 Å². The van der Waals surface area contributed by atoms with Gasteiger partial charge in [-0.25, -0.2) is 14.4 Å². The quantitative estimate of drug-likeness (QED) is 0.245. The van der Waals surface area contributed by atoms with E-state index >= 15 is 4.39 Å². The Labute approximate surface area is 223 Å². The number of nitrogens with zero attached hydrogens (tertiary/aromatic N) is 4. The molecule has 0 radical (unpaired) electrons. The minimum Gasteiger partial charge on any atom is -0.339 e. The summed E-state index contributed by atoms with van der Waals surface area (Å²) in [7, 11) is 0. The largest absolute Gasteiger partial charge is 0.339 e. The minimum absolute atomic E-state index is 0.0886. The van der Waals surface area contributed by atoms with Crippen LogP contribution >= 0.6 is 11.6 Å². The third-order valence-corrected chi connectivity index (χ3v) is 7.94. The molecule has 38 heavy (non-hydrogen) atoms. The fourth-order valence-electron chi connectivity index (χ4n) is 5.51. The van der Waals surface area contributed by atoms with Crippen molar-refractivity contribution in [2.75, 3.05) is 0 Å². The van der Waals surface area contributed by atoms with Crippen LogP contribution in [-0.4, -0.2) is 31.7 Å². The van der Waals surface area contributed by atoms with E-state index in [1.807, 2.05) is 18.2 Å². The van der Waals surface area contributed by atoms with E-state index in [1.54, 1.807) is 13.0 Å². The second-order valence-electron chi connectivity index (χ2n) is 10.2. The maximum atomic E-state index is 15.0. The molecule has 0 amide bonds. The van der Waals surface area contributed by atoms with E-state index in [1.165, 1.54) is 24.8 Å². The summed E-state index contributed by atoms with van der Waals surface area (Å²) in [6.07, 6.45) is 8.13. The summed E-state index contributed by atoms with van der Waals surface area (Å²) >= 11 is 6.21. The second kappa shape index (κ2) is 9.51. The Bertz CT molecular complexity index is 1570. The lowest BCUT2D eigenvalue weighted by Gasteiger charge is -2.17. The van der Waals surface area contributed by atoms with Gasteiger partial charge in [-0.1, -0.05) is 35.0 Å². The maximum absolute atomic E-state index is 15.0. The number of rotatable bonds is 8. The summed E-state index contributed by atoms with van der Waals surface area (Å²) in [5, 5.41) is 4.19. The lowest BCUT2D eigenvalue weighted by Crippen LogP contribution is -2.22. The summed E-state index contributed by atoms with van der Waals surface area (Å²) in [6, 6.07) is 8.92. The fourth-order valence-corrected chi connectivity index (χ4v) is 5.72. The Kier molecular flexibility index (Phi) is 6.14. The third kappa shape index (κ3) is 4.53. The normalized spacial score (nSPS) is 17.3. The highest BCUT2D eigenvalue weighted by molar-refractivity contribution is 6.31. The molecule has 0 spiro atoms. The number of aryl methyl sites for hydroxylation is 2. The van der Waals surface area contributed by atoms with Crippen LogP contribution in [0.3, 0.4) is 0 Å². The third-order valence-electron chi connectivity index (χ3n) is 7.72. The first-order chi connectivity index (χ1) is 18.3. The van der Waals surface area contributed by atoms with Gasteiger partial charge in [-0.3, -0.25) is 9.59 Å². The Balaban J connectivity index is 1.23. The zero-order chi connectivity index (χ0) is 26.4. The predicted molar refractivity (Wildman–Crippen MR) is 138 cm³/mol. The van der Waals surface area contributed by atoms with Gasteiger partial charge in [-0.2, -0.15) is 4.98 Å². The van der Waals surface area contributed by atoms with Gasteiger partial charge in [0.25, 0.3) is 0 Å². The van der Waals surface area contributed by atoms with Gasteiger partial charge in [0.15, 0.2) is 5.78 Å². The molecule has 4 aromatic rings. The Morgan fingerprint density at radius 2 is 1.95 bits per heavy atom. The summed E-state index contributed by atoms with van der Waals surface area (Å²) in [5.41, 5.74) is 3.74. The van der Waals surface area contributed by atoms with E-state index in [-0.39, 0.29) is 40.3 Å². The number of halogens is 2. The van der Waals surface area contributed by atoms with Gasteiger partial charge >= 0.3 is 0 Å². The van der Waals surface area contributed by atoms with Crippen molar-refractivity contribution in [3.63, 3.8) is 0 Å². The van der Waals surface area contributed by atoms with Crippen molar-refractivity contribution in [3.05, 3.63) is 82.5 Å². The van der Waals surface area contributed by atoms with E-state index in [0.29, 0.717) is 23.4 Å². The number of aromatic nitrogens is 4. The molecule has 7 nitrogen and oxygen atoms in total. The van der Waals surface area contributed by atoms with Crippen LogP contribution < -0.4 is 0 Å². The van der Waals surface area contributed by atoms with E-state index in [0.717, 1.165) is 42.4 Å². The zero-order valence-electron chi connectivity index (χ0n) is 20.7. The number of hydrogen-bond donors (Lipinski definition) is 0. The van der Waals surface area contributed by atoms with Crippen molar-refractivity contribution in [2.24, 2.45) is 5.41 Å². The smallest absolute Gasteiger partial charge is 0.223 e. The molecule has 0 aliphatic heterocycles. The van der Waals surface area contributed by atoms with Crippen molar-refractivity contribution < 1.29 is 18.5 Å². The van der Waals surface area contributed by atoms with E-state index in [2.05, 4.69) is 20.1 Å². The molecule has 1 atom stereocenters. The predicted octanol–water partition coefficient (Wildman–Crippen LogP) is 6.34. The average molecular weight is 531 g/mol. The Hall–Kier alpha value is -3.78. The Morgan fingerprint density at radius 1 is 1.16 bits per heavy atom. The summed E-state index contributed by atoms with van der Waals surface area (Å²) in [5.74, 6) is 0.139. The van der Waals surface area contributed by atoms with E-state index in [9.17, 15) is 9.59 Å². The molecule has 2 aromatic carbocycles. The van der Waals surface area contributed by atoms with Crippen molar-refractivity contribution in [2.45, 2.75) is 51.4 Å². The highest BCUT2D eigenvalue weighted by Crippen LogP contribution is 2.53. The Morgan fingerprint density at radius 3 is 2.66 bits per heavy atom.